The zero-order chi connectivity index (χ0) is 55.7. The molecule has 0 aromatic carbocycles. The van der Waals surface area contributed by atoms with Crippen LogP contribution < -0.4 is 5.32 Å². The molecule has 0 aromatic heterocycles. The number of nitrogens with one attached hydrogen (secondary N) is 1. The van der Waals surface area contributed by atoms with Crippen molar-refractivity contribution in [2.45, 2.75) is 405 Å². The number of ether oxygens (including phenoxy) is 1. The lowest BCUT2D eigenvalue weighted by Crippen LogP contribution is -2.45. The van der Waals surface area contributed by atoms with Crippen LogP contribution in [0, 0.1) is 0 Å². The van der Waals surface area contributed by atoms with Crippen molar-refractivity contribution in [1.82, 2.24) is 5.32 Å². The maximum atomic E-state index is 12.4. The number of esters is 1. The van der Waals surface area contributed by atoms with E-state index in [0.717, 1.165) is 38.5 Å². The van der Waals surface area contributed by atoms with Gasteiger partial charge in [-0.3, -0.25) is 9.59 Å². The van der Waals surface area contributed by atoms with E-state index in [1.807, 2.05) is 6.08 Å². The molecule has 6 nitrogen and oxygen atoms in total. The molecule has 0 spiro atoms. The van der Waals surface area contributed by atoms with Gasteiger partial charge in [0.15, 0.2) is 0 Å². The van der Waals surface area contributed by atoms with E-state index in [4.69, 9.17) is 4.74 Å². The standard InChI is InChI=1S/C71H137NO5/c1-3-5-7-9-11-13-15-16-17-18-32-36-39-42-45-49-53-57-61-65-71(76)77-66-62-58-54-50-46-43-40-37-34-31-29-27-25-23-21-19-20-22-24-26-28-30-33-35-38-41-44-48-52-56-60-64-70(75)72-68(67-73)69(74)63-59-55-51-47-14-12-10-8-6-4-2/h21,23,59,63,68-69,73-74H,3-20,22,24-58,60-62,64-67H2,1-2H3,(H,72,75)/b23-21-,63-59+. The third-order valence-corrected chi connectivity index (χ3v) is 16.5. The highest BCUT2D eigenvalue weighted by atomic mass is 16.5. The van der Waals surface area contributed by atoms with Gasteiger partial charge in [0.05, 0.1) is 25.4 Å². The number of carbonyl (C=O) groups excluding carboxylic acids is 2. The van der Waals surface area contributed by atoms with Gasteiger partial charge in [0.2, 0.25) is 5.91 Å². The fourth-order valence-corrected chi connectivity index (χ4v) is 11.1. The van der Waals surface area contributed by atoms with Crippen LogP contribution in [0.4, 0.5) is 0 Å². The van der Waals surface area contributed by atoms with Gasteiger partial charge in [-0.1, -0.05) is 346 Å². The molecule has 0 bridgehead atoms. The van der Waals surface area contributed by atoms with E-state index in [-0.39, 0.29) is 18.5 Å². The van der Waals surface area contributed by atoms with Crippen molar-refractivity contribution < 1.29 is 24.5 Å². The number of aliphatic hydroxyl groups is 2. The van der Waals surface area contributed by atoms with Crippen LogP contribution >= 0.6 is 0 Å². The SMILES string of the molecule is CCCCCCCCCC/C=C/C(O)C(CO)NC(=O)CCCCCCCCCCCCCCCCC/C=C\CCCCCCCCCCCCCCOC(=O)CCCCCCCCCCCCCCCCCCCCC. The molecule has 2 unspecified atom stereocenters. The second-order valence-electron chi connectivity index (χ2n) is 24.2. The van der Waals surface area contributed by atoms with E-state index >= 15 is 0 Å². The molecule has 456 valence electrons. The van der Waals surface area contributed by atoms with E-state index in [1.165, 1.54) is 327 Å². The normalized spacial score (nSPS) is 12.6. The van der Waals surface area contributed by atoms with Gasteiger partial charge < -0.3 is 20.3 Å². The molecule has 0 heterocycles. The number of rotatable bonds is 66. The number of hydrogen-bond acceptors (Lipinski definition) is 5. The summed E-state index contributed by atoms with van der Waals surface area (Å²) in [6, 6.07) is -0.624. The van der Waals surface area contributed by atoms with Crippen molar-refractivity contribution in [2.24, 2.45) is 0 Å². The monoisotopic (exact) mass is 1080 g/mol. The Morgan fingerprint density at radius 3 is 0.922 bits per heavy atom. The quantitative estimate of drug-likeness (QED) is 0.0320. The zero-order valence-corrected chi connectivity index (χ0v) is 52.2. The van der Waals surface area contributed by atoms with E-state index in [2.05, 4.69) is 31.3 Å². The molecule has 1 amide bonds. The van der Waals surface area contributed by atoms with Gasteiger partial charge >= 0.3 is 5.97 Å². The smallest absolute Gasteiger partial charge is 0.305 e. The Morgan fingerprint density at radius 2 is 0.610 bits per heavy atom. The molecule has 0 radical (unpaired) electrons. The summed E-state index contributed by atoms with van der Waals surface area (Å²) in [5.41, 5.74) is 0. The first kappa shape index (κ1) is 75.3. The van der Waals surface area contributed by atoms with Crippen LogP contribution in [0.2, 0.25) is 0 Å². The second-order valence-corrected chi connectivity index (χ2v) is 24.2. The summed E-state index contributed by atoms with van der Waals surface area (Å²) in [4.78, 5) is 24.5. The van der Waals surface area contributed by atoms with Crippen LogP contribution in [0.1, 0.15) is 393 Å². The second kappa shape index (κ2) is 66.8. The Labute approximate surface area is 481 Å². The van der Waals surface area contributed by atoms with Crippen molar-refractivity contribution in [1.29, 1.82) is 0 Å². The molecule has 0 aromatic rings. The van der Waals surface area contributed by atoms with Gasteiger partial charge in [-0.05, 0) is 57.8 Å². The van der Waals surface area contributed by atoms with Crippen molar-refractivity contribution in [2.75, 3.05) is 13.2 Å². The van der Waals surface area contributed by atoms with Gasteiger partial charge in [-0.15, -0.1) is 0 Å². The molecule has 6 heteroatoms. The Balaban J connectivity index is 3.32. The molecule has 0 rings (SSSR count). The predicted molar refractivity (Wildman–Crippen MR) is 338 cm³/mol. The number of allylic oxidation sites excluding steroid dienone is 3. The highest BCUT2D eigenvalue weighted by molar-refractivity contribution is 5.76. The first-order valence-electron chi connectivity index (χ1n) is 35.1. The number of amides is 1. The summed E-state index contributed by atoms with van der Waals surface area (Å²) in [6.45, 7) is 4.92. The minimum Gasteiger partial charge on any atom is -0.466 e. The van der Waals surface area contributed by atoms with Gasteiger partial charge in [0.1, 0.15) is 0 Å². The minimum absolute atomic E-state index is 0.0227. The molecule has 2 atom stereocenters. The predicted octanol–water partition coefficient (Wildman–Crippen LogP) is 22.5. The molecule has 0 fully saturated rings. The summed E-state index contributed by atoms with van der Waals surface area (Å²) in [5.74, 6) is -0.0436. The summed E-state index contributed by atoms with van der Waals surface area (Å²) in [6.07, 6.45) is 84.2. The lowest BCUT2D eigenvalue weighted by molar-refractivity contribution is -0.143. The minimum atomic E-state index is -0.841. The third-order valence-electron chi connectivity index (χ3n) is 16.5. The van der Waals surface area contributed by atoms with E-state index < -0.39 is 12.1 Å². The van der Waals surface area contributed by atoms with Gasteiger partial charge in [0, 0.05) is 12.8 Å². The fourth-order valence-electron chi connectivity index (χ4n) is 11.1. The first-order valence-corrected chi connectivity index (χ1v) is 35.1. The fraction of sp³-hybridized carbons (Fsp3) is 0.915. The number of aliphatic hydroxyl groups excluding tert-OH is 2. The number of hydrogen-bond donors (Lipinski definition) is 3. The maximum Gasteiger partial charge on any atom is 0.305 e. The molecule has 0 aliphatic rings. The molecule has 0 saturated heterocycles. The molecule has 77 heavy (non-hydrogen) atoms. The summed E-state index contributed by atoms with van der Waals surface area (Å²) >= 11 is 0. The Morgan fingerprint density at radius 1 is 0.351 bits per heavy atom. The highest BCUT2D eigenvalue weighted by Crippen LogP contribution is 2.19. The Hall–Kier alpha value is -1.66. The maximum absolute atomic E-state index is 12.4. The van der Waals surface area contributed by atoms with Gasteiger partial charge in [-0.25, -0.2) is 0 Å². The summed E-state index contributed by atoms with van der Waals surface area (Å²) < 4.78 is 5.51. The summed E-state index contributed by atoms with van der Waals surface area (Å²) in [7, 11) is 0. The van der Waals surface area contributed by atoms with Crippen molar-refractivity contribution in [3.63, 3.8) is 0 Å². The lowest BCUT2D eigenvalue weighted by Gasteiger charge is -2.20. The van der Waals surface area contributed by atoms with Crippen LogP contribution in [0.3, 0.4) is 0 Å². The van der Waals surface area contributed by atoms with Crippen molar-refractivity contribution in [3.05, 3.63) is 24.3 Å². The van der Waals surface area contributed by atoms with E-state index in [1.54, 1.807) is 6.08 Å². The average molecular weight is 1080 g/mol. The molecule has 3 N–H and O–H groups in total. The average Bonchev–Trinajstić information content (AvgIpc) is 3.43. The van der Waals surface area contributed by atoms with Crippen molar-refractivity contribution >= 4 is 11.9 Å². The number of unbranched alkanes of at least 4 members (excludes halogenated alkanes) is 53. The van der Waals surface area contributed by atoms with Gasteiger partial charge in [0.25, 0.3) is 0 Å². The van der Waals surface area contributed by atoms with Crippen LogP contribution in [-0.2, 0) is 14.3 Å². The van der Waals surface area contributed by atoms with Crippen LogP contribution in [-0.4, -0.2) is 47.4 Å². The van der Waals surface area contributed by atoms with Crippen molar-refractivity contribution in [3.8, 4) is 0 Å². The highest BCUT2D eigenvalue weighted by Gasteiger charge is 2.18. The molecule has 0 saturated carbocycles. The van der Waals surface area contributed by atoms with Gasteiger partial charge in [-0.2, -0.15) is 0 Å². The lowest BCUT2D eigenvalue weighted by atomic mass is 10.0. The molecular formula is C71H137NO5. The van der Waals surface area contributed by atoms with Crippen LogP contribution in [0.25, 0.3) is 0 Å². The largest absolute Gasteiger partial charge is 0.466 e. The number of carbonyl (C=O) groups is 2. The summed E-state index contributed by atoms with van der Waals surface area (Å²) in [5, 5.41) is 23.0. The Kier molecular flexibility index (Phi) is 65.4. The van der Waals surface area contributed by atoms with E-state index in [9.17, 15) is 19.8 Å². The van der Waals surface area contributed by atoms with Crippen LogP contribution in [0.15, 0.2) is 24.3 Å². The molecule has 0 aliphatic heterocycles. The Bertz CT molecular complexity index is 1200. The first-order chi connectivity index (χ1) is 38.0. The molecular weight excluding hydrogens is 947 g/mol. The van der Waals surface area contributed by atoms with Crippen LogP contribution in [0.5, 0.6) is 0 Å². The third kappa shape index (κ3) is 63.4. The molecule has 0 aliphatic carbocycles. The topological polar surface area (TPSA) is 95.9 Å². The zero-order valence-electron chi connectivity index (χ0n) is 52.2. The van der Waals surface area contributed by atoms with E-state index in [0.29, 0.717) is 19.4 Å².